The number of amides is 1. The van der Waals surface area contributed by atoms with Crippen molar-refractivity contribution >= 4 is 11.6 Å². The van der Waals surface area contributed by atoms with Gasteiger partial charge in [-0.15, -0.1) is 0 Å². The lowest BCUT2D eigenvalue weighted by atomic mass is 10.1. The van der Waals surface area contributed by atoms with Crippen LogP contribution in [0.5, 0.6) is 5.75 Å². The average molecular weight is 282 g/mol. The molecule has 1 amide bonds. The highest BCUT2D eigenvalue weighted by atomic mass is 16.5. The van der Waals surface area contributed by atoms with Crippen LogP contribution in [-0.2, 0) is 13.0 Å². The van der Waals surface area contributed by atoms with Gasteiger partial charge in [0.25, 0.3) is 5.91 Å². The summed E-state index contributed by atoms with van der Waals surface area (Å²) in [5, 5.41) is 5.97. The third kappa shape index (κ3) is 2.99. The number of anilines is 1. The van der Waals surface area contributed by atoms with Crippen molar-refractivity contribution in [3.05, 3.63) is 59.2 Å². The van der Waals surface area contributed by atoms with Crippen molar-refractivity contribution in [1.82, 2.24) is 5.32 Å². The fraction of sp³-hybridized carbons (Fsp3) is 0.235. The second-order valence-electron chi connectivity index (χ2n) is 5.05. The number of nitrogens with one attached hydrogen (secondary N) is 2. The van der Waals surface area contributed by atoms with Crippen LogP contribution < -0.4 is 15.4 Å². The number of hydrogen-bond acceptors (Lipinski definition) is 3. The van der Waals surface area contributed by atoms with Gasteiger partial charge in [0.1, 0.15) is 5.75 Å². The van der Waals surface area contributed by atoms with Crippen molar-refractivity contribution in [1.29, 1.82) is 0 Å². The Balaban J connectivity index is 1.63. The van der Waals surface area contributed by atoms with Gasteiger partial charge in [0.2, 0.25) is 0 Å². The number of hydrogen-bond donors (Lipinski definition) is 2. The Bertz CT molecular complexity index is 650. The van der Waals surface area contributed by atoms with E-state index in [1.807, 2.05) is 30.3 Å². The topological polar surface area (TPSA) is 50.4 Å². The quantitative estimate of drug-likeness (QED) is 0.906. The van der Waals surface area contributed by atoms with E-state index in [1.165, 1.54) is 11.1 Å². The minimum absolute atomic E-state index is 0.0693. The molecule has 2 aromatic carbocycles. The van der Waals surface area contributed by atoms with Crippen LogP contribution in [0.1, 0.15) is 21.5 Å². The van der Waals surface area contributed by atoms with Crippen LogP contribution in [0.15, 0.2) is 42.5 Å². The van der Waals surface area contributed by atoms with Crippen LogP contribution in [0.25, 0.3) is 0 Å². The van der Waals surface area contributed by atoms with Crippen LogP contribution in [0.4, 0.5) is 5.69 Å². The molecule has 0 saturated heterocycles. The van der Waals surface area contributed by atoms with Gasteiger partial charge in [0.15, 0.2) is 0 Å². The SMILES string of the molecule is CNC(=O)c1ccc(NCc2ccc3c(c2)CCO3)cc1. The third-order valence-corrected chi connectivity index (χ3v) is 3.62. The monoisotopic (exact) mass is 282 g/mol. The van der Waals surface area contributed by atoms with Crippen molar-refractivity contribution in [3.63, 3.8) is 0 Å². The molecule has 0 saturated carbocycles. The van der Waals surface area contributed by atoms with Gasteiger partial charge in [-0.3, -0.25) is 4.79 Å². The van der Waals surface area contributed by atoms with E-state index < -0.39 is 0 Å². The first-order valence-electron chi connectivity index (χ1n) is 7.07. The van der Waals surface area contributed by atoms with E-state index in [1.54, 1.807) is 7.05 Å². The van der Waals surface area contributed by atoms with E-state index >= 15 is 0 Å². The van der Waals surface area contributed by atoms with E-state index in [4.69, 9.17) is 4.74 Å². The normalized spacial score (nSPS) is 12.4. The van der Waals surface area contributed by atoms with Gasteiger partial charge in [-0.1, -0.05) is 12.1 Å². The molecule has 0 aromatic heterocycles. The van der Waals surface area contributed by atoms with Crippen molar-refractivity contribution in [3.8, 4) is 5.75 Å². The van der Waals surface area contributed by atoms with Gasteiger partial charge in [0.05, 0.1) is 6.61 Å². The molecule has 108 valence electrons. The molecular formula is C17H18N2O2. The summed E-state index contributed by atoms with van der Waals surface area (Å²) in [6.07, 6.45) is 0.990. The molecule has 2 N–H and O–H groups in total. The molecule has 0 radical (unpaired) electrons. The predicted molar refractivity (Wildman–Crippen MR) is 82.8 cm³/mol. The Kier molecular flexibility index (Phi) is 3.77. The predicted octanol–water partition coefficient (Wildman–Crippen LogP) is 2.59. The summed E-state index contributed by atoms with van der Waals surface area (Å²) in [6.45, 7) is 1.54. The van der Waals surface area contributed by atoms with Gasteiger partial charge in [-0.25, -0.2) is 0 Å². The van der Waals surface area contributed by atoms with E-state index in [0.29, 0.717) is 5.56 Å². The first-order valence-corrected chi connectivity index (χ1v) is 7.07. The van der Waals surface area contributed by atoms with Crippen LogP contribution in [0.2, 0.25) is 0 Å². The molecule has 1 aliphatic heterocycles. The molecule has 4 heteroatoms. The highest BCUT2D eigenvalue weighted by molar-refractivity contribution is 5.94. The Morgan fingerprint density at radius 3 is 2.76 bits per heavy atom. The molecule has 0 fully saturated rings. The van der Waals surface area contributed by atoms with E-state index in [0.717, 1.165) is 31.0 Å². The molecule has 0 bridgehead atoms. The van der Waals surface area contributed by atoms with Crippen LogP contribution in [-0.4, -0.2) is 19.6 Å². The number of fused-ring (bicyclic) bond motifs is 1. The second kappa shape index (κ2) is 5.87. The Hall–Kier alpha value is -2.49. The summed E-state index contributed by atoms with van der Waals surface area (Å²) >= 11 is 0. The molecule has 1 heterocycles. The molecule has 0 aliphatic carbocycles. The molecule has 1 aliphatic rings. The molecule has 0 unspecified atom stereocenters. The molecule has 21 heavy (non-hydrogen) atoms. The van der Waals surface area contributed by atoms with E-state index in [9.17, 15) is 4.79 Å². The fourth-order valence-corrected chi connectivity index (χ4v) is 2.44. The first kappa shape index (κ1) is 13.5. The summed E-state index contributed by atoms with van der Waals surface area (Å²) in [6, 6.07) is 13.8. The first-order chi connectivity index (χ1) is 10.3. The van der Waals surface area contributed by atoms with Gasteiger partial charge >= 0.3 is 0 Å². The minimum Gasteiger partial charge on any atom is -0.493 e. The number of benzene rings is 2. The number of rotatable bonds is 4. The summed E-state index contributed by atoms with van der Waals surface area (Å²) < 4.78 is 5.50. The van der Waals surface area contributed by atoms with Gasteiger partial charge < -0.3 is 15.4 Å². The average Bonchev–Trinajstić information content (AvgIpc) is 3.00. The van der Waals surface area contributed by atoms with Crippen LogP contribution in [0, 0.1) is 0 Å². The molecule has 2 aromatic rings. The van der Waals surface area contributed by atoms with Gasteiger partial charge in [-0.2, -0.15) is 0 Å². The Labute approximate surface area is 124 Å². The Morgan fingerprint density at radius 1 is 1.19 bits per heavy atom. The molecule has 0 spiro atoms. The third-order valence-electron chi connectivity index (χ3n) is 3.62. The highest BCUT2D eigenvalue weighted by Crippen LogP contribution is 2.26. The van der Waals surface area contributed by atoms with Gasteiger partial charge in [0, 0.05) is 31.3 Å². The number of carbonyl (C=O) groups is 1. The van der Waals surface area contributed by atoms with Crippen LogP contribution in [0.3, 0.4) is 0 Å². The summed E-state index contributed by atoms with van der Waals surface area (Å²) in [7, 11) is 1.63. The number of carbonyl (C=O) groups excluding carboxylic acids is 1. The van der Waals surface area contributed by atoms with E-state index in [2.05, 4.69) is 22.8 Å². The molecule has 4 nitrogen and oxygen atoms in total. The minimum atomic E-state index is -0.0693. The second-order valence-corrected chi connectivity index (χ2v) is 5.05. The van der Waals surface area contributed by atoms with Crippen molar-refractivity contribution in [2.45, 2.75) is 13.0 Å². The van der Waals surface area contributed by atoms with E-state index in [-0.39, 0.29) is 5.91 Å². The molecule has 0 atom stereocenters. The van der Waals surface area contributed by atoms with Crippen molar-refractivity contribution < 1.29 is 9.53 Å². The van der Waals surface area contributed by atoms with Gasteiger partial charge in [-0.05, 0) is 41.5 Å². The maximum atomic E-state index is 11.5. The smallest absolute Gasteiger partial charge is 0.251 e. The standard InChI is InChI=1S/C17H18N2O2/c1-18-17(20)13-3-5-15(6-4-13)19-11-12-2-7-16-14(10-12)8-9-21-16/h2-7,10,19H,8-9,11H2,1H3,(H,18,20). The summed E-state index contributed by atoms with van der Waals surface area (Å²) in [5.74, 6) is 0.939. The van der Waals surface area contributed by atoms with Crippen molar-refractivity contribution in [2.75, 3.05) is 19.0 Å². The molecule has 3 rings (SSSR count). The lowest BCUT2D eigenvalue weighted by molar-refractivity contribution is 0.0963. The highest BCUT2D eigenvalue weighted by Gasteiger charge is 2.11. The summed E-state index contributed by atoms with van der Waals surface area (Å²) in [5.41, 5.74) is 4.18. The Morgan fingerprint density at radius 2 is 2.00 bits per heavy atom. The largest absolute Gasteiger partial charge is 0.493 e. The number of ether oxygens (including phenoxy) is 1. The maximum Gasteiger partial charge on any atom is 0.251 e. The lowest BCUT2D eigenvalue weighted by Gasteiger charge is -2.08. The summed E-state index contributed by atoms with van der Waals surface area (Å²) in [4.78, 5) is 11.5. The lowest BCUT2D eigenvalue weighted by Crippen LogP contribution is -2.17. The maximum absolute atomic E-state index is 11.5. The van der Waals surface area contributed by atoms with Crippen LogP contribution >= 0.6 is 0 Å². The van der Waals surface area contributed by atoms with Crippen molar-refractivity contribution in [2.24, 2.45) is 0 Å². The molecular weight excluding hydrogens is 264 g/mol. The zero-order chi connectivity index (χ0) is 14.7. The zero-order valence-corrected chi connectivity index (χ0v) is 12.0. The zero-order valence-electron chi connectivity index (χ0n) is 12.0. The fourth-order valence-electron chi connectivity index (χ4n) is 2.44.